The van der Waals surface area contributed by atoms with E-state index < -0.39 is 38.7 Å². The van der Waals surface area contributed by atoms with Gasteiger partial charge in [-0.25, -0.2) is 23.4 Å². The summed E-state index contributed by atoms with van der Waals surface area (Å²) in [7, 11) is -4.68. The van der Waals surface area contributed by atoms with E-state index in [1.807, 2.05) is 0 Å². The Labute approximate surface area is 174 Å². The van der Waals surface area contributed by atoms with Gasteiger partial charge in [0.15, 0.2) is 0 Å². The highest BCUT2D eigenvalue weighted by atomic mass is 31.2. The molecule has 0 radical (unpaired) electrons. The second-order valence-electron chi connectivity index (χ2n) is 6.62. The summed E-state index contributed by atoms with van der Waals surface area (Å²) in [5.41, 5.74) is -0.475. The quantitative estimate of drug-likeness (QED) is 0.495. The highest BCUT2D eigenvalue weighted by Crippen LogP contribution is 2.48. The smallest absolute Gasteiger partial charge is 0.413 e. The Morgan fingerprint density at radius 3 is 2.42 bits per heavy atom. The Bertz CT molecular complexity index is 1010. The number of anilines is 2. The SMILES string of the molecule is O=C1O[C@@H](O[P+](O)(O)O)CN1c1cc(F)c(-c2ccc(N3CCNC3=O)nc2)c(F)c1. The number of ether oxygens (including phenoxy) is 1. The summed E-state index contributed by atoms with van der Waals surface area (Å²) in [4.78, 5) is 56.7. The lowest BCUT2D eigenvalue weighted by Gasteiger charge is -2.16. The molecule has 0 saturated carbocycles. The third-order valence-electron chi connectivity index (χ3n) is 4.55. The summed E-state index contributed by atoms with van der Waals surface area (Å²) in [6, 6.07) is 4.34. The minimum Gasteiger partial charge on any atom is -0.413 e. The van der Waals surface area contributed by atoms with Crippen molar-refractivity contribution in [1.29, 1.82) is 0 Å². The molecule has 2 aliphatic rings. The van der Waals surface area contributed by atoms with E-state index in [1.165, 1.54) is 23.2 Å². The van der Waals surface area contributed by atoms with Crippen LogP contribution in [-0.4, -0.2) is 57.7 Å². The number of urea groups is 1. The fraction of sp³-hybridized carbons (Fsp3) is 0.235. The van der Waals surface area contributed by atoms with Gasteiger partial charge in [0.2, 0.25) is 0 Å². The topological polar surface area (TPSA) is 145 Å². The molecular weight excluding hydrogens is 441 g/mol. The van der Waals surface area contributed by atoms with Crippen LogP contribution in [-0.2, 0) is 9.26 Å². The maximum Gasteiger partial charge on any atom is 0.571 e. The summed E-state index contributed by atoms with van der Waals surface area (Å²) in [6.45, 7) is 0.454. The van der Waals surface area contributed by atoms with Crippen molar-refractivity contribution >= 4 is 31.8 Å². The number of benzene rings is 1. The van der Waals surface area contributed by atoms with E-state index in [1.54, 1.807) is 0 Å². The Balaban J connectivity index is 1.57. The molecule has 2 fully saturated rings. The molecule has 0 bridgehead atoms. The predicted molar refractivity (Wildman–Crippen MR) is 103 cm³/mol. The highest BCUT2D eigenvalue weighted by molar-refractivity contribution is 7.53. The summed E-state index contributed by atoms with van der Waals surface area (Å²) >= 11 is 0. The van der Waals surface area contributed by atoms with Crippen molar-refractivity contribution in [3.63, 3.8) is 0 Å². The van der Waals surface area contributed by atoms with Crippen molar-refractivity contribution < 1.29 is 42.3 Å². The van der Waals surface area contributed by atoms with Gasteiger partial charge in [0.25, 0.3) is 6.29 Å². The monoisotopic (exact) mass is 457 g/mol. The van der Waals surface area contributed by atoms with Gasteiger partial charge in [0, 0.05) is 24.8 Å². The number of carbonyl (C=O) groups excluding carboxylic acids is 2. The van der Waals surface area contributed by atoms with Crippen molar-refractivity contribution in [3.8, 4) is 11.1 Å². The number of aromatic nitrogens is 1. The zero-order chi connectivity index (χ0) is 22.3. The van der Waals surface area contributed by atoms with Gasteiger partial charge < -0.3 is 10.1 Å². The number of nitrogens with one attached hydrogen (secondary N) is 1. The zero-order valence-electron chi connectivity index (χ0n) is 15.6. The van der Waals surface area contributed by atoms with E-state index in [4.69, 9.17) is 14.7 Å². The van der Waals surface area contributed by atoms with Crippen LogP contribution in [0, 0.1) is 11.6 Å². The van der Waals surface area contributed by atoms with E-state index >= 15 is 0 Å². The van der Waals surface area contributed by atoms with Gasteiger partial charge in [0.05, 0.1) is 17.8 Å². The molecule has 0 aliphatic carbocycles. The number of pyridine rings is 1. The maximum absolute atomic E-state index is 14.7. The first-order valence-corrected chi connectivity index (χ1v) is 10.4. The number of halogens is 2. The molecule has 0 unspecified atom stereocenters. The van der Waals surface area contributed by atoms with Crippen molar-refractivity contribution in [2.45, 2.75) is 6.29 Å². The fourth-order valence-electron chi connectivity index (χ4n) is 3.24. The lowest BCUT2D eigenvalue weighted by atomic mass is 10.1. The lowest BCUT2D eigenvalue weighted by molar-refractivity contribution is -0.0244. The fourth-order valence-corrected chi connectivity index (χ4v) is 3.66. The van der Waals surface area contributed by atoms with E-state index in [0.29, 0.717) is 18.9 Å². The Morgan fingerprint density at radius 1 is 1.16 bits per heavy atom. The molecule has 31 heavy (non-hydrogen) atoms. The average Bonchev–Trinajstić information content (AvgIpc) is 3.25. The second-order valence-corrected chi connectivity index (χ2v) is 7.85. The van der Waals surface area contributed by atoms with Crippen LogP contribution in [0.2, 0.25) is 0 Å². The first-order valence-electron chi connectivity index (χ1n) is 8.87. The van der Waals surface area contributed by atoms with Crippen molar-refractivity contribution in [2.75, 3.05) is 29.4 Å². The number of amides is 3. The minimum absolute atomic E-state index is 0.116. The van der Waals surface area contributed by atoms with Crippen LogP contribution in [0.4, 0.5) is 29.9 Å². The normalized spacial score (nSPS) is 19.1. The average molecular weight is 457 g/mol. The van der Waals surface area contributed by atoms with Crippen LogP contribution < -0.4 is 15.1 Å². The first kappa shape index (κ1) is 21.3. The molecule has 11 nitrogen and oxygen atoms in total. The molecule has 2 aliphatic heterocycles. The van der Waals surface area contributed by atoms with Gasteiger partial charge in [-0.15, -0.1) is 4.52 Å². The van der Waals surface area contributed by atoms with Crippen molar-refractivity contribution in [3.05, 3.63) is 42.1 Å². The van der Waals surface area contributed by atoms with Gasteiger partial charge >= 0.3 is 20.3 Å². The first-order chi connectivity index (χ1) is 14.6. The molecule has 3 heterocycles. The van der Waals surface area contributed by atoms with Gasteiger partial charge in [-0.1, -0.05) is 0 Å². The highest BCUT2D eigenvalue weighted by Gasteiger charge is 2.45. The van der Waals surface area contributed by atoms with Gasteiger partial charge in [-0.2, -0.15) is 14.7 Å². The molecule has 1 aromatic carbocycles. The molecule has 1 atom stereocenters. The standard InChI is InChI=1S/C17H15F2N4O7P/c18-11-5-10(23-8-14(29-17(23)25)30-31(26,27)28)6-12(19)15(11)9-1-2-13(21-7-9)22-4-3-20-16(22)24/h1-2,5-7,14,26-28H,3-4,8H2/p+1/t14-/m0/s1. The lowest BCUT2D eigenvalue weighted by Crippen LogP contribution is -2.28. The number of cyclic esters (lactones) is 1. The molecule has 4 rings (SSSR count). The van der Waals surface area contributed by atoms with E-state index in [-0.39, 0.29) is 22.8 Å². The molecular formula is C17H16F2N4O7P+. The predicted octanol–water partition coefficient (Wildman–Crippen LogP) is 1.51. The number of nitrogens with zero attached hydrogens (tertiary/aromatic N) is 3. The van der Waals surface area contributed by atoms with Gasteiger partial charge in [0.1, 0.15) is 17.5 Å². The summed E-state index contributed by atoms with van der Waals surface area (Å²) in [5, 5.41) is 2.62. The third kappa shape index (κ3) is 4.40. The van der Waals surface area contributed by atoms with E-state index in [2.05, 4.69) is 19.6 Å². The minimum atomic E-state index is -4.68. The van der Waals surface area contributed by atoms with Crippen molar-refractivity contribution in [1.82, 2.24) is 10.3 Å². The molecule has 2 aromatic rings. The number of rotatable bonds is 5. The maximum atomic E-state index is 14.7. The largest absolute Gasteiger partial charge is 0.571 e. The third-order valence-corrected chi connectivity index (χ3v) is 5.07. The van der Waals surface area contributed by atoms with Crippen LogP contribution in [0.5, 0.6) is 0 Å². The van der Waals surface area contributed by atoms with Crippen LogP contribution >= 0.6 is 8.17 Å². The van der Waals surface area contributed by atoms with E-state index in [9.17, 15) is 18.4 Å². The molecule has 164 valence electrons. The van der Waals surface area contributed by atoms with Crippen LogP contribution in [0.1, 0.15) is 0 Å². The molecule has 3 amide bonds. The Hall–Kier alpha value is -2.96. The van der Waals surface area contributed by atoms with Gasteiger partial charge in [-0.3, -0.25) is 9.80 Å². The van der Waals surface area contributed by atoms with Gasteiger partial charge in [-0.05, 0) is 24.3 Å². The molecule has 2 saturated heterocycles. The second kappa shape index (κ2) is 7.94. The molecule has 14 heteroatoms. The van der Waals surface area contributed by atoms with Crippen LogP contribution in [0.3, 0.4) is 0 Å². The Morgan fingerprint density at radius 2 is 1.87 bits per heavy atom. The van der Waals surface area contributed by atoms with Crippen molar-refractivity contribution in [2.24, 2.45) is 0 Å². The van der Waals surface area contributed by atoms with Crippen LogP contribution in [0.25, 0.3) is 11.1 Å². The molecule has 1 aromatic heterocycles. The summed E-state index contributed by atoms with van der Waals surface area (Å²) in [6.07, 6.45) is -1.37. The number of hydrogen-bond acceptors (Lipinski definition) is 8. The molecule has 4 N–H and O–H groups in total. The van der Waals surface area contributed by atoms with Crippen LogP contribution in [0.15, 0.2) is 30.5 Å². The summed E-state index contributed by atoms with van der Waals surface area (Å²) < 4.78 is 38.6. The number of hydrogen-bond donors (Lipinski definition) is 4. The zero-order valence-corrected chi connectivity index (χ0v) is 16.5. The van der Waals surface area contributed by atoms with E-state index in [0.717, 1.165) is 17.0 Å². The number of carbonyl (C=O) groups is 2. The summed E-state index contributed by atoms with van der Waals surface area (Å²) in [5.74, 6) is -1.65. The molecule has 0 spiro atoms. The Kier molecular flexibility index (Phi) is 5.45.